The lowest BCUT2D eigenvalue weighted by Gasteiger charge is -2.23. The summed E-state index contributed by atoms with van der Waals surface area (Å²) in [7, 11) is 3.17. The van der Waals surface area contributed by atoms with Crippen molar-refractivity contribution in [3.8, 4) is 17.2 Å². The zero-order valence-corrected chi connectivity index (χ0v) is 15.1. The summed E-state index contributed by atoms with van der Waals surface area (Å²) in [4.78, 5) is 12.7. The molecule has 0 unspecified atom stereocenters. The standard InChI is InChI=1S/C21H19FN2O3/c1-26-20-8-7-13(11-21(20)27-2)14-9-18-15(19(25)10-14)12-23-24(18)17-6-4-3-5-16(17)22/h3-8,11-12,14H,9-10H2,1-2H3/t14-/m1/s1. The van der Waals surface area contributed by atoms with Gasteiger partial charge in [0.15, 0.2) is 17.3 Å². The van der Waals surface area contributed by atoms with E-state index in [0.717, 1.165) is 11.3 Å². The lowest BCUT2D eigenvalue weighted by molar-refractivity contribution is 0.0963. The number of fused-ring (bicyclic) bond motifs is 1. The molecule has 0 spiro atoms. The van der Waals surface area contributed by atoms with E-state index in [-0.39, 0.29) is 17.5 Å². The Morgan fingerprint density at radius 1 is 1.07 bits per heavy atom. The number of ether oxygens (including phenoxy) is 2. The zero-order valence-electron chi connectivity index (χ0n) is 15.1. The molecule has 1 heterocycles. The highest BCUT2D eigenvalue weighted by atomic mass is 19.1. The molecule has 1 atom stereocenters. The molecular formula is C21H19FN2O3. The van der Waals surface area contributed by atoms with Crippen LogP contribution in [-0.2, 0) is 6.42 Å². The molecule has 3 aromatic rings. The van der Waals surface area contributed by atoms with Gasteiger partial charge in [-0.05, 0) is 42.2 Å². The van der Waals surface area contributed by atoms with Gasteiger partial charge in [0.05, 0.1) is 31.7 Å². The van der Waals surface area contributed by atoms with Crippen molar-refractivity contribution in [2.75, 3.05) is 14.2 Å². The molecule has 0 amide bonds. The van der Waals surface area contributed by atoms with Crippen molar-refractivity contribution in [1.29, 1.82) is 0 Å². The van der Waals surface area contributed by atoms with E-state index in [4.69, 9.17) is 9.47 Å². The van der Waals surface area contributed by atoms with E-state index in [1.165, 1.54) is 16.9 Å². The number of methoxy groups -OCH3 is 2. The topological polar surface area (TPSA) is 53.3 Å². The second kappa shape index (κ2) is 6.87. The van der Waals surface area contributed by atoms with E-state index in [1.54, 1.807) is 32.4 Å². The van der Waals surface area contributed by atoms with Gasteiger partial charge in [-0.2, -0.15) is 5.10 Å². The van der Waals surface area contributed by atoms with E-state index < -0.39 is 0 Å². The smallest absolute Gasteiger partial charge is 0.166 e. The van der Waals surface area contributed by atoms with Gasteiger partial charge >= 0.3 is 0 Å². The molecule has 1 aromatic heterocycles. The average molecular weight is 366 g/mol. The van der Waals surface area contributed by atoms with Crippen LogP contribution < -0.4 is 9.47 Å². The Balaban J connectivity index is 1.74. The van der Waals surface area contributed by atoms with Gasteiger partial charge in [0.2, 0.25) is 0 Å². The molecule has 6 heteroatoms. The van der Waals surface area contributed by atoms with Crippen LogP contribution in [0.25, 0.3) is 5.69 Å². The summed E-state index contributed by atoms with van der Waals surface area (Å²) in [6.07, 6.45) is 2.51. The fourth-order valence-electron chi connectivity index (χ4n) is 3.62. The molecule has 0 saturated heterocycles. The maximum atomic E-state index is 14.2. The highest BCUT2D eigenvalue weighted by Crippen LogP contribution is 2.37. The van der Waals surface area contributed by atoms with Crippen LogP contribution in [0.2, 0.25) is 0 Å². The van der Waals surface area contributed by atoms with Gasteiger partial charge < -0.3 is 9.47 Å². The monoisotopic (exact) mass is 366 g/mol. The van der Waals surface area contributed by atoms with Crippen molar-refractivity contribution < 1.29 is 18.7 Å². The first-order valence-electron chi connectivity index (χ1n) is 8.69. The molecular weight excluding hydrogens is 347 g/mol. The summed E-state index contributed by atoms with van der Waals surface area (Å²) >= 11 is 0. The summed E-state index contributed by atoms with van der Waals surface area (Å²) in [5.41, 5.74) is 2.62. The third kappa shape index (κ3) is 2.97. The van der Waals surface area contributed by atoms with Gasteiger partial charge in [-0.25, -0.2) is 9.07 Å². The maximum Gasteiger partial charge on any atom is 0.166 e. The Labute approximate surface area is 156 Å². The van der Waals surface area contributed by atoms with Crippen LogP contribution in [-0.4, -0.2) is 29.8 Å². The Hall–Kier alpha value is -3.15. The van der Waals surface area contributed by atoms with Crippen LogP contribution in [0.1, 0.15) is 34.0 Å². The first-order valence-corrected chi connectivity index (χ1v) is 8.69. The quantitative estimate of drug-likeness (QED) is 0.702. The van der Waals surface area contributed by atoms with Crippen molar-refractivity contribution in [3.63, 3.8) is 0 Å². The van der Waals surface area contributed by atoms with E-state index in [9.17, 15) is 9.18 Å². The Morgan fingerprint density at radius 2 is 1.85 bits per heavy atom. The van der Waals surface area contributed by atoms with E-state index in [1.807, 2.05) is 18.2 Å². The molecule has 5 nitrogen and oxygen atoms in total. The molecule has 1 aliphatic carbocycles. The number of aromatic nitrogens is 2. The minimum Gasteiger partial charge on any atom is -0.493 e. The molecule has 138 valence electrons. The number of ketones is 1. The third-order valence-corrected chi connectivity index (χ3v) is 5.00. The molecule has 0 radical (unpaired) electrons. The minimum absolute atomic E-state index is 0.0126. The molecule has 0 N–H and O–H groups in total. The number of rotatable bonds is 4. The Morgan fingerprint density at radius 3 is 2.59 bits per heavy atom. The summed E-state index contributed by atoms with van der Waals surface area (Å²) < 4.78 is 26.4. The molecule has 0 saturated carbocycles. The number of para-hydroxylation sites is 1. The van der Waals surface area contributed by atoms with E-state index >= 15 is 0 Å². The molecule has 0 fully saturated rings. The highest BCUT2D eigenvalue weighted by molar-refractivity contribution is 5.98. The van der Waals surface area contributed by atoms with Gasteiger partial charge in [-0.3, -0.25) is 4.79 Å². The van der Waals surface area contributed by atoms with Gasteiger partial charge in [0.25, 0.3) is 0 Å². The second-order valence-corrected chi connectivity index (χ2v) is 6.51. The molecule has 0 aliphatic heterocycles. The number of carbonyl (C=O) groups is 1. The van der Waals surface area contributed by atoms with E-state index in [2.05, 4.69) is 5.10 Å². The molecule has 1 aliphatic rings. The van der Waals surface area contributed by atoms with Crippen molar-refractivity contribution >= 4 is 5.78 Å². The average Bonchev–Trinajstić information content (AvgIpc) is 3.12. The Bertz CT molecular complexity index is 1010. The summed E-state index contributed by atoms with van der Waals surface area (Å²) in [6, 6.07) is 12.1. The molecule has 2 aromatic carbocycles. The normalized spacial score (nSPS) is 16.1. The SMILES string of the molecule is COc1ccc([C@H]2CC(=O)c3cnn(-c4ccccc4F)c3C2)cc1OC. The van der Waals surface area contributed by atoms with Gasteiger partial charge in [0, 0.05) is 6.42 Å². The lowest BCUT2D eigenvalue weighted by atomic mass is 9.82. The third-order valence-electron chi connectivity index (χ3n) is 5.00. The van der Waals surface area contributed by atoms with Crippen molar-refractivity contribution in [2.45, 2.75) is 18.8 Å². The largest absolute Gasteiger partial charge is 0.493 e. The van der Waals surface area contributed by atoms with Crippen LogP contribution >= 0.6 is 0 Å². The second-order valence-electron chi connectivity index (χ2n) is 6.51. The minimum atomic E-state index is -0.371. The molecule has 0 bridgehead atoms. The number of hydrogen-bond donors (Lipinski definition) is 0. The summed E-state index contributed by atoms with van der Waals surface area (Å²) in [5, 5.41) is 4.28. The van der Waals surface area contributed by atoms with Crippen molar-refractivity contribution in [1.82, 2.24) is 9.78 Å². The first kappa shape index (κ1) is 17.3. The first-order chi connectivity index (χ1) is 13.1. The van der Waals surface area contributed by atoms with Gasteiger partial charge in [-0.15, -0.1) is 0 Å². The van der Waals surface area contributed by atoms with Crippen LogP contribution in [0.4, 0.5) is 4.39 Å². The number of nitrogens with zero attached hydrogens (tertiary/aromatic N) is 2. The molecule has 4 rings (SSSR count). The van der Waals surface area contributed by atoms with Gasteiger partial charge in [0.1, 0.15) is 11.5 Å². The fraction of sp³-hybridized carbons (Fsp3) is 0.238. The van der Waals surface area contributed by atoms with Crippen LogP contribution in [0.3, 0.4) is 0 Å². The van der Waals surface area contributed by atoms with Crippen LogP contribution in [0, 0.1) is 5.82 Å². The number of hydrogen-bond acceptors (Lipinski definition) is 4. The Kier molecular flexibility index (Phi) is 4.39. The van der Waals surface area contributed by atoms with E-state index in [0.29, 0.717) is 35.6 Å². The fourth-order valence-corrected chi connectivity index (χ4v) is 3.62. The zero-order chi connectivity index (χ0) is 19.0. The van der Waals surface area contributed by atoms with Crippen molar-refractivity contribution in [2.24, 2.45) is 0 Å². The lowest BCUT2D eigenvalue weighted by Crippen LogP contribution is -2.20. The number of Topliss-reactive ketones (excluding diaryl/α,β-unsaturated/α-hetero) is 1. The van der Waals surface area contributed by atoms with Crippen LogP contribution in [0.15, 0.2) is 48.7 Å². The predicted octanol–water partition coefficient (Wildman–Crippen LogP) is 3.94. The summed E-state index contributed by atoms with van der Waals surface area (Å²) in [5.74, 6) is 0.867. The number of halogens is 1. The predicted molar refractivity (Wildman–Crippen MR) is 98.5 cm³/mol. The van der Waals surface area contributed by atoms with Crippen molar-refractivity contribution in [3.05, 3.63) is 71.3 Å². The number of carbonyl (C=O) groups excluding carboxylic acids is 1. The maximum absolute atomic E-state index is 14.2. The number of benzene rings is 2. The van der Waals surface area contributed by atoms with Crippen LogP contribution in [0.5, 0.6) is 11.5 Å². The van der Waals surface area contributed by atoms with Gasteiger partial charge in [-0.1, -0.05) is 18.2 Å². The summed E-state index contributed by atoms with van der Waals surface area (Å²) in [6.45, 7) is 0. The molecule has 27 heavy (non-hydrogen) atoms. The highest BCUT2D eigenvalue weighted by Gasteiger charge is 2.31.